The Bertz CT molecular complexity index is 807. The van der Waals surface area contributed by atoms with E-state index in [1.54, 1.807) is 6.08 Å². The van der Waals surface area contributed by atoms with Crippen LogP contribution in [0.2, 0.25) is 5.02 Å². The number of carbonyl (C=O) groups is 2. The molecule has 0 aliphatic carbocycles. The molecule has 23 heavy (non-hydrogen) atoms. The maximum absolute atomic E-state index is 13.1. The molecule has 0 aromatic heterocycles. The van der Waals surface area contributed by atoms with Gasteiger partial charge in [0.25, 0.3) is 11.1 Å². The lowest BCUT2D eigenvalue weighted by Gasteiger charge is -2.13. The zero-order valence-corrected chi connectivity index (χ0v) is 13.4. The van der Waals surface area contributed by atoms with Gasteiger partial charge in [-0.25, -0.2) is 4.39 Å². The molecule has 0 radical (unpaired) electrons. The van der Waals surface area contributed by atoms with Crippen molar-refractivity contribution in [2.75, 3.05) is 0 Å². The minimum Gasteiger partial charge on any atom is -0.268 e. The molecule has 1 aliphatic rings. The molecule has 0 spiro atoms. The summed E-state index contributed by atoms with van der Waals surface area (Å²) in [4.78, 5) is 25.9. The summed E-state index contributed by atoms with van der Waals surface area (Å²) in [6, 6.07) is 13.2. The molecule has 2 amide bonds. The molecule has 6 heteroatoms. The first-order valence-electron chi connectivity index (χ1n) is 6.79. The van der Waals surface area contributed by atoms with Crippen LogP contribution in [0, 0.1) is 5.82 Å². The summed E-state index contributed by atoms with van der Waals surface area (Å²) < 4.78 is 13.1. The number of nitrogens with zero attached hydrogens (tertiary/aromatic N) is 1. The minimum atomic E-state index is -0.461. The SMILES string of the molecule is O=C1S/C(=C\c2ccccc2)C(=O)N1Cc1ccc(F)cc1Cl. The lowest BCUT2D eigenvalue weighted by Crippen LogP contribution is -2.27. The fraction of sp³-hybridized carbons (Fsp3) is 0.0588. The van der Waals surface area contributed by atoms with Crippen LogP contribution in [0.3, 0.4) is 0 Å². The summed E-state index contributed by atoms with van der Waals surface area (Å²) >= 11 is 6.85. The summed E-state index contributed by atoms with van der Waals surface area (Å²) in [6.07, 6.45) is 1.68. The van der Waals surface area contributed by atoms with Gasteiger partial charge in [0.1, 0.15) is 5.82 Å². The third-order valence-electron chi connectivity index (χ3n) is 3.31. The van der Waals surface area contributed by atoms with Gasteiger partial charge in [-0.1, -0.05) is 48.0 Å². The van der Waals surface area contributed by atoms with Crippen LogP contribution in [0.25, 0.3) is 6.08 Å². The van der Waals surface area contributed by atoms with E-state index in [4.69, 9.17) is 11.6 Å². The van der Waals surface area contributed by atoms with Crippen molar-refractivity contribution in [2.24, 2.45) is 0 Å². The van der Waals surface area contributed by atoms with Gasteiger partial charge in [0, 0.05) is 5.02 Å². The third kappa shape index (κ3) is 3.46. The van der Waals surface area contributed by atoms with Gasteiger partial charge in [0.15, 0.2) is 0 Å². The Hall–Kier alpha value is -2.11. The van der Waals surface area contributed by atoms with E-state index in [-0.39, 0.29) is 22.7 Å². The highest BCUT2D eigenvalue weighted by molar-refractivity contribution is 8.18. The molecule has 1 saturated heterocycles. The average molecular weight is 348 g/mol. The van der Waals surface area contributed by atoms with Crippen molar-refractivity contribution in [3.05, 3.63) is 75.4 Å². The molecule has 3 rings (SSSR count). The number of hydrogen-bond acceptors (Lipinski definition) is 3. The van der Waals surface area contributed by atoms with E-state index >= 15 is 0 Å². The largest absolute Gasteiger partial charge is 0.293 e. The van der Waals surface area contributed by atoms with Crippen molar-refractivity contribution >= 4 is 40.6 Å². The number of thioether (sulfide) groups is 1. The quantitative estimate of drug-likeness (QED) is 0.754. The van der Waals surface area contributed by atoms with Crippen LogP contribution in [0.5, 0.6) is 0 Å². The Morgan fingerprint density at radius 3 is 2.57 bits per heavy atom. The zero-order valence-electron chi connectivity index (χ0n) is 11.8. The molecule has 1 heterocycles. The van der Waals surface area contributed by atoms with E-state index in [2.05, 4.69) is 0 Å². The van der Waals surface area contributed by atoms with Crippen LogP contribution in [-0.2, 0) is 11.3 Å². The smallest absolute Gasteiger partial charge is 0.268 e. The Balaban J connectivity index is 1.83. The summed E-state index contributed by atoms with van der Waals surface area (Å²) in [6.45, 7) is 0.0237. The number of imide groups is 1. The standard InChI is InChI=1S/C17H11ClFNO2S/c18-14-9-13(19)7-6-12(14)10-20-16(21)15(23-17(20)22)8-11-4-2-1-3-5-11/h1-9H,10H2/b15-8-. The molecule has 1 aliphatic heterocycles. The average Bonchev–Trinajstić information content (AvgIpc) is 2.78. The number of benzene rings is 2. The van der Waals surface area contributed by atoms with E-state index in [0.29, 0.717) is 10.5 Å². The minimum absolute atomic E-state index is 0.0237. The lowest BCUT2D eigenvalue weighted by atomic mass is 10.2. The van der Waals surface area contributed by atoms with E-state index in [9.17, 15) is 14.0 Å². The van der Waals surface area contributed by atoms with Gasteiger partial charge in [-0.05, 0) is 41.1 Å². The number of amides is 2. The molecule has 116 valence electrons. The van der Waals surface area contributed by atoms with Gasteiger partial charge < -0.3 is 0 Å². The summed E-state index contributed by atoms with van der Waals surface area (Å²) in [7, 11) is 0. The van der Waals surface area contributed by atoms with E-state index in [0.717, 1.165) is 28.3 Å². The Labute approximate surface area is 141 Å². The molecule has 2 aromatic carbocycles. The monoisotopic (exact) mass is 347 g/mol. The van der Waals surface area contributed by atoms with Crippen LogP contribution in [0.4, 0.5) is 9.18 Å². The fourth-order valence-corrected chi connectivity index (χ4v) is 3.22. The van der Waals surface area contributed by atoms with E-state index < -0.39 is 5.82 Å². The molecular weight excluding hydrogens is 337 g/mol. The molecule has 1 fully saturated rings. The van der Waals surface area contributed by atoms with E-state index in [1.807, 2.05) is 30.3 Å². The second-order valence-corrected chi connectivity index (χ2v) is 6.31. The Kier molecular flexibility index (Phi) is 4.50. The van der Waals surface area contributed by atoms with Gasteiger partial charge >= 0.3 is 0 Å². The molecule has 3 nitrogen and oxygen atoms in total. The molecule has 0 atom stereocenters. The van der Waals surface area contributed by atoms with E-state index in [1.165, 1.54) is 12.1 Å². The third-order valence-corrected chi connectivity index (χ3v) is 4.57. The van der Waals surface area contributed by atoms with Gasteiger partial charge in [0.05, 0.1) is 11.4 Å². The first kappa shape index (κ1) is 15.8. The van der Waals surface area contributed by atoms with Crippen LogP contribution in [-0.4, -0.2) is 16.0 Å². The Morgan fingerprint density at radius 1 is 1.13 bits per heavy atom. The van der Waals surface area contributed by atoms with Gasteiger partial charge in [-0.3, -0.25) is 14.5 Å². The second-order valence-electron chi connectivity index (χ2n) is 4.91. The summed E-state index contributed by atoms with van der Waals surface area (Å²) in [5, 5.41) is -0.173. The van der Waals surface area contributed by atoms with Gasteiger partial charge in [-0.2, -0.15) is 0 Å². The highest BCUT2D eigenvalue weighted by Gasteiger charge is 2.35. The summed E-state index contributed by atoms with van der Waals surface area (Å²) in [5.41, 5.74) is 1.37. The summed E-state index contributed by atoms with van der Waals surface area (Å²) in [5.74, 6) is -0.832. The highest BCUT2D eigenvalue weighted by Crippen LogP contribution is 2.34. The number of carbonyl (C=O) groups excluding carboxylic acids is 2. The zero-order chi connectivity index (χ0) is 16.4. The van der Waals surface area contributed by atoms with Crippen LogP contribution in [0.15, 0.2) is 53.4 Å². The van der Waals surface area contributed by atoms with Crippen molar-refractivity contribution < 1.29 is 14.0 Å². The number of hydrogen-bond donors (Lipinski definition) is 0. The van der Waals surface area contributed by atoms with Crippen molar-refractivity contribution in [1.82, 2.24) is 4.90 Å². The van der Waals surface area contributed by atoms with Crippen molar-refractivity contribution in [3.8, 4) is 0 Å². The first-order chi connectivity index (χ1) is 11.0. The number of halogens is 2. The van der Waals surface area contributed by atoms with Crippen LogP contribution in [0.1, 0.15) is 11.1 Å². The topological polar surface area (TPSA) is 37.4 Å². The fourth-order valence-electron chi connectivity index (χ4n) is 2.16. The molecular formula is C17H11ClFNO2S. The maximum atomic E-state index is 13.1. The Morgan fingerprint density at radius 2 is 1.87 bits per heavy atom. The number of rotatable bonds is 3. The van der Waals surface area contributed by atoms with Gasteiger partial charge in [0.2, 0.25) is 0 Å². The molecule has 0 saturated carbocycles. The first-order valence-corrected chi connectivity index (χ1v) is 7.98. The molecule has 0 unspecified atom stereocenters. The molecule has 0 N–H and O–H groups in total. The maximum Gasteiger partial charge on any atom is 0.293 e. The normalized spacial score (nSPS) is 16.4. The van der Waals surface area contributed by atoms with Crippen molar-refractivity contribution in [2.45, 2.75) is 6.54 Å². The van der Waals surface area contributed by atoms with Crippen molar-refractivity contribution in [1.29, 1.82) is 0 Å². The predicted molar refractivity (Wildman–Crippen MR) is 89.4 cm³/mol. The second kappa shape index (κ2) is 6.56. The van der Waals surface area contributed by atoms with Crippen molar-refractivity contribution in [3.63, 3.8) is 0 Å². The lowest BCUT2D eigenvalue weighted by molar-refractivity contribution is -0.123. The van der Waals surface area contributed by atoms with Crippen LogP contribution < -0.4 is 0 Å². The molecule has 2 aromatic rings. The van der Waals surface area contributed by atoms with Crippen LogP contribution >= 0.6 is 23.4 Å². The predicted octanol–water partition coefficient (Wildman–Crippen LogP) is 4.72. The van der Waals surface area contributed by atoms with Gasteiger partial charge in [-0.15, -0.1) is 0 Å². The highest BCUT2D eigenvalue weighted by atomic mass is 35.5. The molecule has 0 bridgehead atoms.